The molecule has 2 aromatic carbocycles. The van der Waals surface area contributed by atoms with Crippen LogP contribution in [0.5, 0.6) is 0 Å². The number of rotatable bonds is 3. The molecule has 0 unspecified atom stereocenters. The molecule has 2 aromatic heterocycles. The van der Waals surface area contributed by atoms with Crippen molar-refractivity contribution < 1.29 is 5.11 Å². The average molecular weight is 359 g/mol. The van der Waals surface area contributed by atoms with Crippen molar-refractivity contribution in [3.63, 3.8) is 0 Å². The smallest absolute Gasteiger partial charge is 0.256 e. The van der Waals surface area contributed by atoms with Crippen LogP contribution in [0.15, 0.2) is 65.5 Å². The summed E-state index contributed by atoms with van der Waals surface area (Å²) in [6.07, 6.45) is 0.645. The van der Waals surface area contributed by atoms with Gasteiger partial charge < -0.3 is 10.1 Å². The number of nitrogens with zero attached hydrogens (tertiary/aromatic N) is 2. The third-order valence-electron chi connectivity index (χ3n) is 5.37. The van der Waals surface area contributed by atoms with Crippen LogP contribution in [0.1, 0.15) is 12.0 Å². The van der Waals surface area contributed by atoms with E-state index in [0.717, 1.165) is 53.7 Å². The van der Waals surface area contributed by atoms with E-state index < -0.39 is 0 Å². The number of hydrogen-bond donors (Lipinski definition) is 2. The molecule has 27 heavy (non-hydrogen) atoms. The van der Waals surface area contributed by atoms with Gasteiger partial charge in [-0.3, -0.25) is 14.3 Å². The fraction of sp³-hybridized carbons (Fsp3) is 0.227. The van der Waals surface area contributed by atoms with Crippen LogP contribution in [-0.2, 0) is 6.54 Å². The van der Waals surface area contributed by atoms with Gasteiger partial charge in [0.2, 0.25) is 0 Å². The van der Waals surface area contributed by atoms with Gasteiger partial charge in [0, 0.05) is 36.6 Å². The Morgan fingerprint density at radius 1 is 1.04 bits per heavy atom. The van der Waals surface area contributed by atoms with E-state index in [-0.39, 0.29) is 11.7 Å². The Kier molecular flexibility index (Phi) is 3.85. The Morgan fingerprint density at radius 3 is 2.78 bits per heavy atom. The highest BCUT2D eigenvalue weighted by molar-refractivity contribution is 5.85. The molecule has 0 spiro atoms. The lowest BCUT2D eigenvalue weighted by atomic mass is 10.1. The number of benzene rings is 2. The van der Waals surface area contributed by atoms with Gasteiger partial charge in [0.1, 0.15) is 5.82 Å². The highest BCUT2D eigenvalue weighted by Crippen LogP contribution is 2.23. The van der Waals surface area contributed by atoms with Crippen molar-refractivity contribution in [1.29, 1.82) is 0 Å². The fourth-order valence-electron chi connectivity index (χ4n) is 4.03. The Bertz CT molecular complexity index is 1190. The molecule has 0 saturated carbocycles. The molecule has 1 aliphatic heterocycles. The lowest BCUT2D eigenvalue weighted by Crippen LogP contribution is -2.21. The molecule has 0 radical (unpaired) electrons. The van der Waals surface area contributed by atoms with Crippen molar-refractivity contribution >= 4 is 21.8 Å². The molecule has 0 bridgehead atoms. The zero-order valence-corrected chi connectivity index (χ0v) is 14.9. The first-order valence-electron chi connectivity index (χ1n) is 9.31. The first-order chi connectivity index (χ1) is 13.2. The molecule has 5 heteroatoms. The minimum atomic E-state index is -0.203. The maximum atomic E-state index is 12.6. The van der Waals surface area contributed by atoms with Crippen LogP contribution >= 0.6 is 0 Å². The number of aromatic nitrogens is 2. The van der Waals surface area contributed by atoms with E-state index >= 15 is 0 Å². The predicted octanol–water partition coefficient (Wildman–Crippen LogP) is 3.04. The summed E-state index contributed by atoms with van der Waals surface area (Å²) in [5, 5.41) is 11.8. The van der Waals surface area contributed by atoms with E-state index in [2.05, 4.69) is 28.1 Å². The van der Waals surface area contributed by atoms with Crippen LogP contribution in [-0.4, -0.2) is 38.8 Å². The highest BCUT2D eigenvalue weighted by atomic mass is 16.3. The topological polar surface area (TPSA) is 61.3 Å². The van der Waals surface area contributed by atoms with Gasteiger partial charge in [-0.2, -0.15) is 0 Å². The van der Waals surface area contributed by atoms with Crippen molar-refractivity contribution in [2.75, 3.05) is 13.1 Å². The molecule has 5 nitrogen and oxygen atoms in total. The molecule has 1 atom stereocenters. The fourth-order valence-corrected chi connectivity index (χ4v) is 4.03. The van der Waals surface area contributed by atoms with Crippen molar-refractivity contribution in [2.24, 2.45) is 0 Å². The number of hydrogen-bond acceptors (Lipinski definition) is 3. The van der Waals surface area contributed by atoms with Gasteiger partial charge in [-0.05, 0) is 47.7 Å². The Hall–Kier alpha value is -2.89. The second-order valence-electron chi connectivity index (χ2n) is 7.32. The number of aliphatic hydroxyl groups is 1. The molecular formula is C22H21N3O2. The molecule has 1 aliphatic rings. The lowest BCUT2D eigenvalue weighted by molar-refractivity contribution is 0.175. The van der Waals surface area contributed by atoms with Gasteiger partial charge in [-0.15, -0.1) is 0 Å². The van der Waals surface area contributed by atoms with E-state index in [4.69, 9.17) is 0 Å². The van der Waals surface area contributed by atoms with E-state index in [1.807, 2.05) is 36.4 Å². The zero-order chi connectivity index (χ0) is 18.4. The summed E-state index contributed by atoms with van der Waals surface area (Å²) >= 11 is 0. The van der Waals surface area contributed by atoms with Crippen LogP contribution in [0.25, 0.3) is 27.6 Å². The van der Waals surface area contributed by atoms with Crippen LogP contribution in [0, 0.1) is 0 Å². The maximum Gasteiger partial charge on any atom is 0.256 e. The molecule has 5 rings (SSSR count). The predicted molar refractivity (Wildman–Crippen MR) is 107 cm³/mol. The first-order valence-corrected chi connectivity index (χ1v) is 9.31. The number of nitrogens with one attached hydrogen (secondary N) is 1. The number of fused-ring (bicyclic) bond motifs is 2. The highest BCUT2D eigenvalue weighted by Gasteiger charge is 2.20. The number of likely N-dealkylation sites (tertiary alicyclic amines) is 1. The monoisotopic (exact) mass is 359 g/mol. The van der Waals surface area contributed by atoms with Crippen LogP contribution in [0.4, 0.5) is 0 Å². The van der Waals surface area contributed by atoms with Crippen LogP contribution < -0.4 is 5.56 Å². The van der Waals surface area contributed by atoms with Crippen molar-refractivity contribution in [3.05, 3.63) is 76.6 Å². The van der Waals surface area contributed by atoms with Gasteiger partial charge in [0.15, 0.2) is 0 Å². The molecule has 4 aromatic rings. The minimum absolute atomic E-state index is 0.0495. The summed E-state index contributed by atoms with van der Waals surface area (Å²) in [5.41, 5.74) is 3.07. The van der Waals surface area contributed by atoms with Gasteiger partial charge in [-0.25, -0.2) is 0 Å². The van der Waals surface area contributed by atoms with Crippen molar-refractivity contribution in [3.8, 4) is 5.82 Å². The molecule has 1 fully saturated rings. The van der Waals surface area contributed by atoms with Gasteiger partial charge in [0.25, 0.3) is 5.56 Å². The summed E-state index contributed by atoms with van der Waals surface area (Å²) in [6, 6.07) is 19.7. The zero-order valence-electron chi connectivity index (χ0n) is 14.9. The normalized spacial score (nSPS) is 17.9. The van der Waals surface area contributed by atoms with E-state index in [0.29, 0.717) is 0 Å². The van der Waals surface area contributed by atoms with E-state index in [1.165, 1.54) is 5.56 Å². The maximum absolute atomic E-state index is 12.6. The van der Waals surface area contributed by atoms with Crippen LogP contribution in [0.2, 0.25) is 0 Å². The number of aliphatic hydroxyl groups excluding tert-OH is 1. The number of H-pyrrole nitrogens is 1. The third kappa shape index (κ3) is 2.95. The average Bonchev–Trinajstić information content (AvgIpc) is 3.27. The first kappa shape index (κ1) is 16.3. The quantitative estimate of drug-likeness (QED) is 0.591. The molecule has 3 heterocycles. The van der Waals surface area contributed by atoms with Gasteiger partial charge >= 0.3 is 0 Å². The van der Waals surface area contributed by atoms with Crippen molar-refractivity contribution in [1.82, 2.24) is 14.5 Å². The SMILES string of the molecule is O=c1ccc2ccccc2n1-c1cc2cc(CN3CC[C@@H](O)C3)ccc2[nH]1. The van der Waals surface area contributed by atoms with E-state index in [9.17, 15) is 9.90 Å². The van der Waals surface area contributed by atoms with Crippen LogP contribution in [0.3, 0.4) is 0 Å². The second-order valence-corrected chi connectivity index (χ2v) is 7.32. The Labute approximate surface area is 156 Å². The largest absolute Gasteiger partial charge is 0.392 e. The number of β-amino-alcohol motifs (C(OH)–C–C–N with tert-alkyl or cyclic N) is 1. The summed E-state index contributed by atoms with van der Waals surface area (Å²) < 4.78 is 1.73. The molecule has 1 saturated heterocycles. The lowest BCUT2D eigenvalue weighted by Gasteiger charge is -2.14. The molecule has 0 aliphatic carbocycles. The van der Waals surface area contributed by atoms with Gasteiger partial charge in [0.05, 0.1) is 11.6 Å². The summed E-state index contributed by atoms with van der Waals surface area (Å²) in [7, 11) is 0. The van der Waals surface area contributed by atoms with Gasteiger partial charge in [-0.1, -0.05) is 24.3 Å². The third-order valence-corrected chi connectivity index (χ3v) is 5.37. The Balaban J connectivity index is 1.56. The summed E-state index contributed by atoms with van der Waals surface area (Å²) in [4.78, 5) is 18.2. The molecular weight excluding hydrogens is 338 g/mol. The Morgan fingerprint density at radius 2 is 1.93 bits per heavy atom. The standard InChI is InChI=1S/C22H21N3O2/c26-18-9-10-24(14-18)13-15-5-7-19-17(11-15)12-21(23-19)25-20-4-2-1-3-16(20)6-8-22(25)27/h1-8,11-12,18,23,26H,9-10,13-14H2/t18-/m1/s1. The molecule has 0 amide bonds. The number of pyridine rings is 1. The van der Waals surface area contributed by atoms with Crippen molar-refractivity contribution in [2.45, 2.75) is 19.1 Å². The summed E-state index contributed by atoms with van der Waals surface area (Å²) in [5.74, 6) is 0.778. The molecule has 136 valence electrons. The second kappa shape index (κ2) is 6.37. The minimum Gasteiger partial charge on any atom is -0.392 e. The number of aromatic amines is 1. The molecule has 2 N–H and O–H groups in total. The number of para-hydroxylation sites is 1. The van der Waals surface area contributed by atoms with E-state index in [1.54, 1.807) is 10.6 Å². The summed E-state index contributed by atoms with van der Waals surface area (Å²) in [6.45, 7) is 2.51.